The zero-order chi connectivity index (χ0) is 25.2. The minimum absolute atomic E-state index is 0. The summed E-state index contributed by atoms with van der Waals surface area (Å²) < 4.78 is 0. The van der Waals surface area contributed by atoms with E-state index in [1.807, 2.05) is 36.5 Å². The van der Waals surface area contributed by atoms with Crippen LogP contribution in [-0.4, -0.2) is 27.4 Å². The molecule has 2 aliphatic carbocycles. The Morgan fingerprint density at radius 3 is 2.11 bits per heavy atom. The average Bonchev–Trinajstić information content (AvgIpc) is 3.01. The molecule has 2 fully saturated rings. The summed E-state index contributed by atoms with van der Waals surface area (Å²) in [5.41, 5.74) is 3.19. The first-order valence-electron chi connectivity index (χ1n) is 13.3. The van der Waals surface area contributed by atoms with Crippen molar-refractivity contribution >= 4 is 10.8 Å². The number of aliphatic hydroxyl groups excluding tert-OH is 2. The van der Waals surface area contributed by atoms with Gasteiger partial charge in [-0.3, -0.25) is 0 Å². The summed E-state index contributed by atoms with van der Waals surface area (Å²) in [5.74, 6) is 0.582. The van der Waals surface area contributed by atoms with Gasteiger partial charge in [0, 0.05) is 32.2 Å². The second kappa shape index (κ2) is 11.9. The zero-order valence-electron chi connectivity index (χ0n) is 22.4. The largest absolute Gasteiger partial charge is 0.392 e. The molecule has 2 atom stereocenters. The van der Waals surface area contributed by atoms with E-state index in [9.17, 15) is 10.2 Å². The Hall–Kier alpha value is -1.58. The SMILES string of the molecule is CC1(C)CCCC2CCCC(C)(C)C(O)C2C1O.Cc1ccc2ccnc(-c3[c-]cccc3)c2c1.[Ir]. The van der Waals surface area contributed by atoms with Crippen LogP contribution in [0.4, 0.5) is 0 Å². The second-order valence-corrected chi connectivity index (χ2v) is 12.1. The van der Waals surface area contributed by atoms with Crippen molar-refractivity contribution in [3.63, 3.8) is 0 Å². The van der Waals surface area contributed by atoms with E-state index in [0.717, 1.165) is 24.1 Å². The number of aromatic nitrogens is 1. The first-order valence-corrected chi connectivity index (χ1v) is 13.3. The van der Waals surface area contributed by atoms with Gasteiger partial charge in [0.2, 0.25) is 0 Å². The van der Waals surface area contributed by atoms with Crippen molar-refractivity contribution in [3.8, 4) is 11.3 Å². The molecule has 1 radical (unpaired) electrons. The van der Waals surface area contributed by atoms with Gasteiger partial charge in [-0.15, -0.1) is 35.9 Å². The molecule has 197 valence electrons. The molecule has 2 N–H and O–H groups in total. The van der Waals surface area contributed by atoms with Crippen molar-refractivity contribution in [2.45, 2.75) is 85.4 Å². The van der Waals surface area contributed by atoms with E-state index < -0.39 is 0 Å². The maximum atomic E-state index is 10.8. The first kappa shape index (κ1) is 29.0. The number of nitrogens with zero attached hydrogens (tertiary/aromatic N) is 1. The fourth-order valence-corrected chi connectivity index (χ4v) is 6.23. The molecule has 3 aromatic rings. The molecule has 2 unspecified atom stereocenters. The Kier molecular flexibility index (Phi) is 9.55. The van der Waals surface area contributed by atoms with Gasteiger partial charge in [-0.25, -0.2) is 0 Å². The first-order chi connectivity index (χ1) is 16.6. The van der Waals surface area contributed by atoms with Crippen LogP contribution in [-0.2, 0) is 20.1 Å². The van der Waals surface area contributed by atoms with E-state index in [-0.39, 0.29) is 49.1 Å². The Balaban J connectivity index is 0.000000195. The van der Waals surface area contributed by atoms with Crippen molar-refractivity contribution in [1.29, 1.82) is 0 Å². The summed E-state index contributed by atoms with van der Waals surface area (Å²) in [6.45, 7) is 10.7. The Morgan fingerprint density at radius 2 is 1.53 bits per heavy atom. The van der Waals surface area contributed by atoms with Crippen molar-refractivity contribution in [3.05, 3.63) is 66.4 Å². The van der Waals surface area contributed by atoms with Gasteiger partial charge in [-0.05, 0) is 71.9 Å². The van der Waals surface area contributed by atoms with Crippen molar-refractivity contribution in [2.24, 2.45) is 22.7 Å². The smallest absolute Gasteiger partial charge is 0.0646 e. The maximum Gasteiger partial charge on any atom is 0.0646 e. The fraction of sp³-hybridized carbons (Fsp3) is 0.531. The van der Waals surface area contributed by atoms with Gasteiger partial charge >= 0.3 is 0 Å². The third-order valence-corrected chi connectivity index (χ3v) is 8.55. The Morgan fingerprint density at radius 1 is 0.889 bits per heavy atom. The van der Waals surface area contributed by atoms with E-state index >= 15 is 0 Å². The maximum absolute atomic E-state index is 10.8. The van der Waals surface area contributed by atoms with Gasteiger partial charge < -0.3 is 15.2 Å². The van der Waals surface area contributed by atoms with Crippen molar-refractivity contribution in [1.82, 2.24) is 4.98 Å². The van der Waals surface area contributed by atoms with Crippen LogP contribution in [0.25, 0.3) is 22.0 Å². The van der Waals surface area contributed by atoms with Crippen molar-refractivity contribution < 1.29 is 30.3 Å². The van der Waals surface area contributed by atoms with Gasteiger partial charge in [-0.2, -0.15) is 0 Å². The fourth-order valence-electron chi connectivity index (χ4n) is 6.23. The van der Waals surface area contributed by atoms with Crippen molar-refractivity contribution in [2.75, 3.05) is 0 Å². The zero-order valence-corrected chi connectivity index (χ0v) is 24.8. The molecule has 5 rings (SSSR count). The van der Waals surface area contributed by atoms with Gasteiger partial charge in [0.1, 0.15) is 0 Å². The normalized spacial score (nSPS) is 26.9. The third-order valence-electron chi connectivity index (χ3n) is 8.55. The van der Waals surface area contributed by atoms with Gasteiger partial charge in [0.15, 0.2) is 0 Å². The molecule has 0 bridgehead atoms. The van der Waals surface area contributed by atoms with Crippen LogP contribution in [0.2, 0.25) is 0 Å². The minimum atomic E-state index is -0.364. The molecule has 3 nitrogen and oxygen atoms in total. The number of hydrogen-bond donors (Lipinski definition) is 2. The molecular formula is C32H42IrNO2-. The summed E-state index contributed by atoms with van der Waals surface area (Å²) >= 11 is 0. The van der Waals surface area contributed by atoms with Crippen LogP contribution < -0.4 is 0 Å². The molecule has 0 amide bonds. The standard InChI is InChI=1S/C16H12N.C16H30O2.Ir/c1-12-7-8-13-9-10-17-16(15(13)11-12)14-5-3-2-4-6-14;1-15(2)9-5-7-11-8-6-10-16(3,4)14(18)12(11)13(15)17;/h2-5,7-11H,1H3;11-14,17-18H,5-10H2,1-4H3;/q-1;;. The van der Waals surface area contributed by atoms with E-state index in [1.165, 1.54) is 42.0 Å². The molecule has 4 heteroatoms. The van der Waals surface area contributed by atoms with Crippen LogP contribution in [0, 0.1) is 35.7 Å². The number of pyridine rings is 1. The molecule has 1 aromatic heterocycles. The molecule has 0 aliphatic heterocycles. The van der Waals surface area contributed by atoms with Crippen LogP contribution in [0.3, 0.4) is 0 Å². The number of rotatable bonds is 1. The number of hydrogen-bond acceptors (Lipinski definition) is 3. The van der Waals surface area contributed by atoms with Crippen LogP contribution in [0.1, 0.15) is 71.8 Å². The molecule has 2 saturated carbocycles. The predicted molar refractivity (Wildman–Crippen MR) is 145 cm³/mol. The minimum Gasteiger partial charge on any atom is -0.392 e. The molecule has 36 heavy (non-hydrogen) atoms. The quantitative estimate of drug-likeness (QED) is 0.267. The van der Waals surface area contributed by atoms with Crippen LogP contribution in [0.15, 0.2) is 54.7 Å². The number of aryl methyl sites for hydroxylation is 1. The Bertz CT molecular complexity index is 1100. The Labute approximate surface area is 231 Å². The molecule has 0 saturated heterocycles. The van der Waals surface area contributed by atoms with E-state index in [2.05, 4.69) is 63.9 Å². The molecule has 0 spiro atoms. The van der Waals surface area contributed by atoms with Gasteiger partial charge in [-0.1, -0.05) is 64.3 Å². The molecular weight excluding hydrogens is 623 g/mol. The monoisotopic (exact) mass is 665 g/mol. The molecule has 2 aliphatic rings. The average molecular weight is 665 g/mol. The van der Waals surface area contributed by atoms with E-state index in [4.69, 9.17) is 0 Å². The summed E-state index contributed by atoms with van der Waals surface area (Å²) in [6, 6.07) is 19.7. The number of fused-ring (bicyclic) bond motifs is 2. The van der Waals surface area contributed by atoms with E-state index in [1.54, 1.807) is 0 Å². The number of aliphatic hydroxyl groups is 2. The van der Waals surface area contributed by atoms with Crippen LogP contribution >= 0.6 is 0 Å². The van der Waals surface area contributed by atoms with Crippen LogP contribution in [0.5, 0.6) is 0 Å². The summed E-state index contributed by atoms with van der Waals surface area (Å²) in [5, 5.41) is 24.0. The molecule has 1 heterocycles. The summed E-state index contributed by atoms with van der Waals surface area (Å²) in [6.07, 6.45) is 8.03. The summed E-state index contributed by atoms with van der Waals surface area (Å²) in [7, 11) is 0. The molecule has 2 aromatic carbocycles. The topological polar surface area (TPSA) is 53.4 Å². The predicted octanol–water partition coefficient (Wildman–Crippen LogP) is 7.37. The second-order valence-electron chi connectivity index (χ2n) is 12.1. The summed E-state index contributed by atoms with van der Waals surface area (Å²) in [4.78, 5) is 4.49. The number of benzene rings is 2. The van der Waals surface area contributed by atoms with Gasteiger partial charge in [0.05, 0.1) is 12.2 Å². The van der Waals surface area contributed by atoms with Gasteiger partial charge in [0.25, 0.3) is 0 Å². The third kappa shape index (κ3) is 6.27. The van der Waals surface area contributed by atoms with E-state index in [0.29, 0.717) is 5.92 Å².